The highest BCUT2D eigenvalue weighted by Crippen LogP contribution is 2.36. The minimum absolute atomic E-state index is 0.0996. The fraction of sp³-hybridized carbons (Fsp3) is 0.200. The molecule has 1 aromatic heterocycles. The predicted molar refractivity (Wildman–Crippen MR) is 47.1 cm³/mol. The first-order valence-corrected chi connectivity index (χ1v) is 5.70. The Kier molecular flexibility index (Phi) is 1.80. The van der Waals surface area contributed by atoms with E-state index in [0.29, 0.717) is 10.0 Å². The van der Waals surface area contributed by atoms with Gasteiger partial charge in [0.05, 0.1) is 16.7 Å². The van der Waals surface area contributed by atoms with E-state index >= 15 is 0 Å². The number of nitrogens with one attached hydrogen (secondary N) is 1. The van der Waals surface area contributed by atoms with Crippen molar-refractivity contribution in [3.8, 4) is 0 Å². The molecular weight excluding hydrogens is 220 g/mol. The summed E-state index contributed by atoms with van der Waals surface area (Å²) in [6.07, 6.45) is 0. The van der Waals surface area contributed by atoms with Crippen molar-refractivity contribution in [2.75, 3.05) is 12.0 Å². The number of rotatable bonds is 0. The number of nitrogens with zero attached hydrogens (tertiary/aromatic N) is 1. The van der Waals surface area contributed by atoms with Crippen LogP contribution < -0.4 is 10.0 Å². The van der Waals surface area contributed by atoms with Gasteiger partial charge in [-0.2, -0.15) is 0 Å². The minimum atomic E-state index is -3.42. The van der Waals surface area contributed by atoms with E-state index < -0.39 is 10.0 Å². The van der Waals surface area contributed by atoms with Crippen molar-refractivity contribution in [1.82, 2.24) is 4.72 Å². The highest BCUT2D eigenvalue weighted by atomic mass is 35.5. The van der Waals surface area contributed by atoms with Gasteiger partial charge < -0.3 is 5.32 Å². The van der Waals surface area contributed by atoms with Gasteiger partial charge >= 0.3 is 0 Å². The van der Waals surface area contributed by atoms with Crippen LogP contribution in [-0.2, 0) is 10.0 Å². The number of hydrogen-bond donors (Lipinski definition) is 1. The summed E-state index contributed by atoms with van der Waals surface area (Å²) in [5.41, 5.74) is 0.556. The molecule has 0 bridgehead atoms. The molecule has 65 valence electrons. The van der Waals surface area contributed by atoms with Crippen LogP contribution in [0.2, 0.25) is 4.34 Å². The Hall–Kier alpha value is -0.300. The summed E-state index contributed by atoms with van der Waals surface area (Å²) < 4.78 is 26.6. The van der Waals surface area contributed by atoms with E-state index in [-0.39, 0.29) is 10.9 Å². The third kappa shape index (κ3) is 1.20. The first kappa shape index (κ1) is 8.31. The molecule has 12 heavy (non-hydrogen) atoms. The molecule has 0 saturated heterocycles. The van der Waals surface area contributed by atoms with Crippen molar-refractivity contribution in [3.63, 3.8) is 0 Å². The Morgan fingerprint density at radius 3 is 3.08 bits per heavy atom. The Labute approximate surface area is 78.6 Å². The van der Waals surface area contributed by atoms with Gasteiger partial charge in [-0.1, -0.05) is 16.3 Å². The third-order valence-electron chi connectivity index (χ3n) is 1.41. The lowest BCUT2D eigenvalue weighted by Crippen LogP contribution is -2.27. The second kappa shape index (κ2) is 2.59. The summed E-state index contributed by atoms with van der Waals surface area (Å²) >= 11 is 6.67. The molecule has 0 spiro atoms. The molecule has 1 aliphatic heterocycles. The molecule has 1 radical (unpaired) electrons. The molecule has 0 atom stereocenters. The molecular formula is C5H4ClN2O2S2. The van der Waals surface area contributed by atoms with Crippen molar-refractivity contribution >= 4 is 38.6 Å². The zero-order valence-electron chi connectivity index (χ0n) is 5.74. The molecule has 1 N–H and O–H groups in total. The predicted octanol–water partition coefficient (Wildman–Crippen LogP) is 1.08. The molecule has 2 heterocycles. The van der Waals surface area contributed by atoms with Crippen LogP contribution in [0.25, 0.3) is 0 Å². The SMILES string of the molecule is O=S1(=O)[N]CNc2cc(Cl)sc21. The number of fused-ring (bicyclic) bond motifs is 1. The Bertz CT molecular complexity index is 411. The Balaban J connectivity index is 2.67. The summed E-state index contributed by atoms with van der Waals surface area (Å²) in [6, 6.07) is 1.59. The molecule has 1 aliphatic rings. The maximum atomic E-state index is 11.2. The van der Waals surface area contributed by atoms with E-state index in [0.717, 1.165) is 11.3 Å². The van der Waals surface area contributed by atoms with Crippen LogP contribution in [0.15, 0.2) is 10.3 Å². The smallest absolute Gasteiger partial charge is 0.270 e. The van der Waals surface area contributed by atoms with Crippen LogP contribution in [-0.4, -0.2) is 15.1 Å². The zero-order valence-corrected chi connectivity index (χ0v) is 8.13. The molecule has 0 aliphatic carbocycles. The van der Waals surface area contributed by atoms with Crippen molar-refractivity contribution in [2.24, 2.45) is 0 Å². The summed E-state index contributed by atoms with van der Waals surface area (Å²) in [6.45, 7) is 0.0996. The third-order valence-corrected chi connectivity index (χ3v) is 4.50. The number of hydrogen-bond acceptors (Lipinski definition) is 4. The molecule has 0 aromatic carbocycles. The quantitative estimate of drug-likeness (QED) is 0.716. The second-order valence-corrected chi connectivity index (χ2v) is 5.75. The molecule has 0 amide bonds. The van der Waals surface area contributed by atoms with Gasteiger partial charge in [-0.3, -0.25) is 0 Å². The standard InChI is InChI=1S/C5H4ClN2O2S2/c6-4-1-3-5(11-4)12(9,10)8-2-7-3/h1,7H,2H2. The highest BCUT2D eigenvalue weighted by Gasteiger charge is 2.26. The van der Waals surface area contributed by atoms with Crippen LogP contribution >= 0.6 is 22.9 Å². The lowest BCUT2D eigenvalue weighted by Gasteiger charge is -2.12. The molecule has 0 unspecified atom stereocenters. The molecule has 0 saturated carbocycles. The number of anilines is 1. The number of thiophene rings is 1. The van der Waals surface area contributed by atoms with Gasteiger partial charge in [0, 0.05) is 0 Å². The molecule has 1 aromatic rings. The summed E-state index contributed by atoms with van der Waals surface area (Å²) in [4.78, 5) is 0. The Morgan fingerprint density at radius 1 is 1.67 bits per heavy atom. The lowest BCUT2D eigenvalue weighted by molar-refractivity contribution is 0.582. The number of halogens is 1. The summed E-state index contributed by atoms with van der Waals surface area (Å²) in [7, 11) is -3.42. The normalized spacial score (nSPS) is 19.8. The van der Waals surface area contributed by atoms with E-state index in [1.165, 1.54) is 0 Å². The van der Waals surface area contributed by atoms with Crippen molar-refractivity contribution < 1.29 is 8.42 Å². The van der Waals surface area contributed by atoms with Crippen LogP contribution in [0, 0.1) is 0 Å². The zero-order chi connectivity index (χ0) is 8.77. The second-order valence-electron chi connectivity index (χ2n) is 2.19. The highest BCUT2D eigenvalue weighted by molar-refractivity contribution is 7.91. The minimum Gasteiger partial charge on any atom is -0.368 e. The first-order chi connectivity index (χ1) is 5.59. The van der Waals surface area contributed by atoms with Crippen molar-refractivity contribution in [2.45, 2.75) is 4.21 Å². The molecule has 2 rings (SSSR count). The summed E-state index contributed by atoms with van der Waals surface area (Å²) in [5.74, 6) is 0. The maximum Gasteiger partial charge on any atom is 0.270 e. The molecule has 4 nitrogen and oxygen atoms in total. The van der Waals surface area contributed by atoms with Gasteiger partial charge in [0.2, 0.25) is 0 Å². The summed E-state index contributed by atoms with van der Waals surface area (Å²) in [5, 5.41) is 2.82. The Morgan fingerprint density at radius 2 is 2.42 bits per heavy atom. The fourth-order valence-electron chi connectivity index (χ4n) is 0.921. The van der Waals surface area contributed by atoms with Gasteiger partial charge in [-0.05, 0) is 6.07 Å². The lowest BCUT2D eigenvalue weighted by atomic mass is 10.5. The monoisotopic (exact) mass is 223 g/mol. The average Bonchev–Trinajstić information content (AvgIpc) is 2.30. The van der Waals surface area contributed by atoms with Crippen molar-refractivity contribution in [3.05, 3.63) is 10.4 Å². The average molecular weight is 224 g/mol. The van der Waals surface area contributed by atoms with E-state index in [1.807, 2.05) is 0 Å². The van der Waals surface area contributed by atoms with E-state index in [9.17, 15) is 8.42 Å². The van der Waals surface area contributed by atoms with Crippen LogP contribution in [0.5, 0.6) is 0 Å². The van der Waals surface area contributed by atoms with Gasteiger partial charge in [0.15, 0.2) is 4.21 Å². The van der Waals surface area contributed by atoms with Gasteiger partial charge in [-0.25, -0.2) is 8.42 Å². The number of sulfonamides is 1. The van der Waals surface area contributed by atoms with Crippen molar-refractivity contribution in [1.29, 1.82) is 0 Å². The van der Waals surface area contributed by atoms with Gasteiger partial charge in [-0.15, -0.1) is 11.3 Å². The first-order valence-electron chi connectivity index (χ1n) is 3.06. The van der Waals surface area contributed by atoms with E-state index in [4.69, 9.17) is 11.6 Å². The molecule has 7 heteroatoms. The largest absolute Gasteiger partial charge is 0.368 e. The topological polar surface area (TPSA) is 60.3 Å². The van der Waals surface area contributed by atoms with Crippen LogP contribution in [0.1, 0.15) is 0 Å². The van der Waals surface area contributed by atoms with Crippen LogP contribution in [0.3, 0.4) is 0 Å². The molecule has 0 fully saturated rings. The fourth-order valence-corrected chi connectivity index (χ4v) is 3.60. The van der Waals surface area contributed by atoms with Gasteiger partial charge in [0.25, 0.3) is 10.0 Å². The maximum absolute atomic E-state index is 11.2. The van der Waals surface area contributed by atoms with E-state index in [2.05, 4.69) is 10.0 Å². The van der Waals surface area contributed by atoms with Gasteiger partial charge in [0.1, 0.15) is 0 Å². The van der Waals surface area contributed by atoms with E-state index in [1.54, 1.807) is 6.07 Å². The van der Waals surface area contributed by atoms with Crippen LogP contribution in [0.4, 0.5) is 5.69 Å².